The normalized spacial score (nSPS) is 12.0. The zero-order chi connectivity index (χ0) is 21.2. The minimum Gasteiger partial charge on any atom is -0.492 e. The number of aryl methyl sites for hydroxylation is 1. The molecule has 0 atom stereocenters. The molecule has 154 valence electrons. The molecule has 1 aromatic heterocycles. The summed E-state index contributed by atoms with van der Waals surface area (Å²) >= 11 is 0. The summed E-state index contributed by atoms with van der Waals surface area (Å²) in [5.74, 6) is 0.393. The van der Waals surface area contributed by atoms with Gasteiger partial charge in [-0.1, -0.05) is 30.3 Å². The fourth-order valence-corrected chi connectivity index (χ4v) is 6.12. The lowest BCUT2D eigenvalue weighted by Crippen LogP contribution is -2.18. The molecule has 0 amide bonds. The third-order valence-electron chi connectivity index (χ3n) is 4.32. The smallest absolute Gasteiger partial charge is 0.268 e. The lowest BCUT2D eigenvalue weighted by atomic mass is 10.3. The Kier molecular flexibility index (Phi) is 5.72. The van der Waals surface area contributed by atoms with E-state index in [4.69, 9.17) is 4.74 Å². The van der Waals surface area contributed by atoms with E-state index in [1.54, 1.807) is 56.3 Å². The summed E-state index contributed by atoms with van der Waals surface area (Å²) in [4.78, 5) is -0.0267. The largest absolute Gasteiger partial charge is 0.492 e. The first-order valence-corrected chi connectivity index (χ1v) is 11.8. The number of rotatable bonds is 7. The topological polar surface area (TPSA) is 94.5 Å². The third-order valence-corrected chi connectivity index (χ3v) is 7.72. The Bertz CT molecular complexity index is 1230. The van der Waals surface area contributed by atoms with Gasteiger partial charge in [-0.05, 0) is 51.1 Å². The van der Waals surface area contributed by atoms with E-state index in [0.29, 0.717) is 18.1 Å². The molecule has 0 saturated heterocycles. The van der Waals surface area contributed by atoms with Crippen LogP contribution < -0.4 is 9.46 Å². The van der Waals surface area contributed by atoms with E-state index in [1.165, 1.54) is 25.1 Å². The molecule has 9 heteroatoms. The van der Waals surface area contributed by atoms with Crippen LogP contribution in [-0.4, -0.2) is 27.4 Å². The van der Waals surface area contributed by atoms with Gasteiger partial charge < -0.3 is 4.74 Å². The van der Waals surface area contributed by atoms with E-state index in [0.717, 1.165) is 3.97 Å². The van der Waals surface area contributed by atoms with Crippen molar-refractivity contribution in [2.24, 2.45) is 0 Å². The molecule has 0 aliphatic carbocycles. The summed E-state index contributed by atoms with van der Waals surface area (Å²) in [5, 5.41) is 0. The molecule has 0 spiro atoms. The first-order chi connectivity index (χ1) is 13.7. The number of nitrogens with one attached hydrogen (secondary N) is 1. The predicted octanol–water partition coefficient (Wildman–Crippen LogP) is 3.54. The number of para-hydroxylation sites is 2. The van der Waals surface area contributed by atoms with E-state index >= 15 is 0 Å². The molecule has 3 rings (SSSR count). The van der Waals surface area contributed by atoms with Crippen LogP contribution in [-0.2, 0) is 20.0 Å². The Morgan fingerprint density at radius 3 is 2.21 bits per heavy atom. The van der Waals surface area contributed by atoms with Crippen molar-refractivity contribution in [2.45, 2.75) is 30.6 Å². The molecule has 0 unspecified atom stereocenters. The van der Waals surface area contributed by atoms with Crippen LogP contribution in [0.2, 0.25) is 0 Å². The summed E-state index contributed by atoms with van der Waals surface area (Å²) in [6, 6.07) is 15.9. The molecule has 0 bridgehead atoms. The van der Waals surface area contributed by atoms with Gasteiger partial charge in [0.2, 0.25) is 0 Å². The molecular weight excluding hydrogens is 412 g/mol. The Balaban J connectivity index is 2.06. The molecular formula is C20H22N2O5S2. The highest BCUT2D eigenvalue weighted by molar-refractivity contribution is 7.93. The maximum Gasteiger partial charge on any atom is 0.268 e. The Hall–Kier alpha value is -2.78. The van der Waals surface area contributed by atoms with Gasteiger partial charge in [-0.2, -0.15) is 0 Å². The highest BCUT2D eigenvalue weighted by atomic mass is 32.2. The lowest BCUT2D eigenvalue weighted by Gasteiger charge is -2.13. The van der Waals surface area contributed by atoms with E-state index < -0.39 is 20.0 Å². The Morgan fingerprint density at radius 1 is 0.931 bits per heavy atom. The fourth-order valence-electron chi connectivity index (χ4n) is 3.09. The second kappa shape index (κ2) is 7.92. The summed E-state index contributed by atoms with van der Waals surface area (Å²) < 4.78 is 61.2. The van der Waals surface area contributed by atoms with Crippen LogP contribution in [0.5, 0.6) is 5.75 Å². The average Bonchev–Trinajstić information content (AvgIpc) is 3.00. The number of hydrogen-bond acceptors (Lipinski definition) is 5. The van der Waals surface area contributed by atoms with Gasteiger partial charge in [-0.3, -0.25) is 4.72 Å². The zero-order valence-electron chi connectivity index (χ0n) is 16.3. The molecule has 0 saturated carbocycles. The van der Waals surface area contributed by atoms with Gasteiger partial charge in [0.15, 0.2) is 0 Å². The predicted molar refractivity (Wildman–Crippen MR) is 111 cm³/mol. The first kappa shape index (κ1) is 20.9. The summed E-state index contributed by atoms with van der Waals surface area (Å²) in [7, 11) is -7.97. The lowest BCUT2D eigenvalue weighted by molar-refractivity contribution is 0.342. The van der Waals surface area contributed by atoms with Crippen LogP contribution in [0.3, 0.4) is 0 Å². The van der Waals surface area contributed by atoms with Crippen molar-refractivity contribution in [3.8, 4) is 5.75 Å². The fraction of sp³-hybridized carbons (Fsp3) is 0.200. The minimum atomic E-state index is -4.04. The molecule has 1 N–H and O–H groups in total. The van der Waals surface area contributed by atoms with Crippen LogP contribution in [0.25, 0.3) is 0 Å². The standard InChI is InChI=1S/C20H22N2O5S2/c1-4-27-19-13-9-8-12-18(19)21-28(23,24)20-14-15(2)22(16(20)3)29(25,26)17-10-6-5-7-11-17/h5-14,21H,4H2,1-3H3. The number of aromatic nitrogens is 1. The molecule has 29 heavy (non-hydrogen) atoms. The molecule has 0 fully saturated rings. The molecule has 0 radical (unpaired) electrons. The van der Waals surface area contributed by atoms with E-state index in [-0.39, 0.29) is 21.2 Å². The Morgan fingerprint density at radius 2 is 1.55 bits per heavy atom. The molecule has 0 aliphatic rings. The second-order valence-corrected chi connectivity index (χ2v) is 9.79. The number of nitrogens with zero attached hydrogens (tertiary/aromatic N) is 1. The number of hydrogen-bond donors (Lipinski definition) is 1. The average molecular weight is 435 g/mol. The van der Waals surface area contributed by atoms with Crippen LogP contribution >= 0.6 is 0 Å². The quantitative estimate of drug-likeness (QED) is 0.614. The molecule has 3 aromatic rings. The van der Waals surface area contributed by atoms with Crippen molar-refractivity contribution >= 4 is 25.7 Å². The van der Waals surface area contributed by atoms with E-state index in [1.807, 2.05) is 0 Å². The van der Waals surface area contributed by atoms with E-state index in [2.05, 4.69) is 4.72 Å². The molecule has 1 heterocycles. The number of anilines is 1. The molecule has 7 nitrogen and oxygen atoms in total. The minimum absolute atomic E-state index is 0.0837. The van der Waals surface area contributed by atoms with Gasteiger partial charge in [0.05, 0.1) is 22.9 Å². The van der Waals surface area contributed by atoms with Crippen molar-refractivity contribution in [1.82, 2.24) is 3.97 Å². The van der Waals surface area contributed by atoms with Crippen molar-refractivity contribution in [3.63, 3.8) is 0 Å². The van der Waals surface area contributed by atoms with Crippen molar-refractivity contribution in [3.05, 3.63) is 72.1 Å². The first-order valence-electron chi connectivity index (χ1n) is 8.92. The van der Waals surface area contributed by atoms with Crippen LogP contribution in [0.1, 0.15) is 18.3 Å². The van der Waals surface area contributed by atoms with Gasteiger partial charge in [0.25, 0.3) is 20.0 Å². The Labute approximate surface area is 171 Å². The van der Waals surface area contributed by atoms with E-state index in [9.17, 15) is 16.8 Å². The van der Waals surface area contributed by atoms with Crippen molar-refractivity contribution in [2.75, 3.05) is 11.3 Å². The molecule has 0 aliphatic heterocycles. The van der Waals surface area contributed by atoms with Gasteiger partial charge >= 0.3 is 0 Å². The maximum absolute atomic E-state index is 13.0. The number of sulfonamides is 1. The number of benzene rings is 2. The van der Waals surface area contributed by atoms with Gasteiger partial charge in [0, 0.05) is 5.69 Å². The van der Waals surface area contributed by atoms with Crippen LogP contribution in [0.15, 0.2) is 70.5 Å². The SMILES string of the molecule is CCOc1ccccc1NS(=O)(=O)c1cc(C)n(S(=O)(=O)c2ccccc2)c1C. The third kappa shape index (κ3) is 4.01. The highest BCUT2D eigenvalue weighted by Crippen LogP contribution is 2.30. The molecule has 2 aromatic carbocycles. The summed E-state index contributed by atoms with van der Waals surface area (Å²) in [6.07, 6.45) is 0. The zero-order valence-corrected chi connectivity index (χ0v) is 17.9. The highest BCUT2D eigenvalue weighted by Gasteiger charge is 2.28. The summed E-state index contributed by atoms with van der Waals surface area (Å²) in [5.41, 5.74) is 0.683. The monoisotopic (exact) mass is 434 g/mol. The number of ether oxygens (including phenoxy) is 1. The maximum atomic E-state index is 13.0. The second-order valence-electron chi connectivity index (χ2n) is 6.35. The van der Waals surface area contributed by atoms with Gasteiger partial charge in [-0.15, -0.1) is 0 Å². The van der Waals surface area contributed by atoms with Gasteiger partial charge in [0.1, 0.15) is 10.6 Å². The van der Waals surface area contributed by atoms with Gasteiger partial charge in [-0.25, -0.2) is 20.8 Å². The van der Waals surface area contributed by atoms with Crippen LogP contribution in [0, 0.1) is 13.8 Å². The summed E-state index contributed by atoms with van der Waals surface area (Å²) in [6.45, 7) is 5.20. The van der Waals surface area contributed by atoms with Crippen molar-refractivity contribution < 1.29 is 21.6 Å². The van der Waals surface area contributed by atoms with Crippen LogP contribution in [0.4, 0.5) is 5.69 Å². The van der Waals surface area contributed by atoms with Crippen molar-refractivity contribution in [1.29, 1.82) is 0 Å².